The Hall–Kier alpha value is -1.81. The average Bonchev–Trinajstić information content (AvgIpc) is 2.98. The van der Waals surface area contributed by atoms with E-state index in [2.05, 4.69) is 14.7 Å². The Morgan fingerprint density at radius 3 is 2.89 bits per heavy atom. The fourth-order valence-electron chi connectivity index (χ4n) is 2.04. The van der Waals surface area contributed by atoms with Gasteiger partial charge in [0.2, 0.25) is 0 Å². The van der Waals surface area contributed by atoms with Crippen molar-refractivity contribution in [2.45, 2.75) is 18.8 Å². The van der Waals surface area contributed by atoms with Crippen molar-refractivity contribution in [1.82, 2.24) is 14.7 Å². The van der Waals surface area contributed by atoms with Crippen LogP contribution in [0, 0.1) is 0 Å². The van der Waals surface area contributed by atoms with Crippen molar-refractivity contribution in [2.75, 3.05) is 0 Å². The van der Waals surface area contributed by atoms with E-state index in [4.69, 9.17) is 16.1 Å². The zero-order valence-corrected chi connectivity index (χ0v) is 10.6. The molecule has 92 valence electrons. The van der Waals surface area contributed by atoms with E-state index in [0.29, 0.717) is 6.54 Å². The van der Waals surface area contributed by atoms with Gasteiger partial charge in [0.15, 0.2) is 5.76 Å². The van der Waals surface area contributed by atoms with Gasteiger partial charge in [0.1, 0.15) is 5.82 Å². The fourth-order valence-corrected chi connectivity index (χ4v) is 2.21. The molecule has 0 fully saturated rings. The van der Waals surface area contributed by atoms with Crippen LogP contribution >= 0.6 is 11.6 Å². The Labute approximate surface area is 109 Å². The van der Waals surface area contributed by atoms with Crippen LogP contribution in [0.15, 0.2) is 41.1 Å². The molecule has 0 saturated heterocycles. The number of fused-ring (bicyclic) bond motifs is 1. The normalized spacial score (nSPS) is 13.0. The van der Waals surface area contributed by atoms with Crippen molar-refractivity contribution in [2.24, 2.45) is 0 Å². The summed E-state index contributed by atoms with van der Waals surface area (Å²) < 4.78 is 7.21. The third-order valence-electron chi connectivity index (χ3n) is 2.85. The molecule has 0 aliphatic rings. The molecule has 0 N–H and O–H groups in total. The van der Waals surface area contributed by atoms with E-state index in [0.717, 1.165) is 22.6 Å². The molecule has 3 rings (SSSR count). The molecule has 5 heteroatoms. The summed E-state index contributed by atoms with van der Waals surface area (Å²) in [6.07, 6.45) is 1.64. The van der Waals surface area contributed by atoms with E-state index >= 15 is 0 Å². The van der Waals surface area contributed by atoms with Gasteiger partial charge < -0.3 is 9.09 Å². The molecule has 0 bridgehead atoms. The molecule has 0 saturated carbocycles. The highest BCUT2D eigenvalue weighted by Crippen LogP contribution is 2.25. The minimum absolute atomic E-state index is 0.152. The van der Waals surface area contributed by atoms with Crippen molar-refractivity contribution in [3.8, 4) is 0 Å². The molecule has 0 amide bonds. The maximum atomic E-state index is 6.19. The summed E-state index contributed by atoms with van der Waals surface area (Å²) >= 11 is 6.19. The fraction of sp³-hybridized carbons (Fsp3) is 0.231. The summed E-state index contributed by atoms with van der Waals surface area (Å²) in [5.74, 6) is 1.63. The number of imidazole rings is 1. The average molecular weight is 262 g/mol. The second kappa shape index (κ2) is 4.46. The molecule has 1 atom stereocenters. The summed E-state index contributed by atoms with van der Waals surface area (Å²) in [4.78, 5) is 4.56. The highest BCUT2D eigenvalue weighted by atomic mass is 35.5. The lowest BCUT2D eigenvalue weighted by Crippen LogP contribution is -2.05. The first-order chi connectivity index (χ1) is 8.75. The zero-order chi connectivity index (χ0) is 12.5. The lowest BCUT2D eigenvalue weighted by atomic mass is 10.3. The molecule has 1 aromatic carbocycles. The van der Waals surface area contributed by atoms with Crippen molar-refractivity contribution >= 4 is 22.6 Å². The standard InChI is InChI=1S/C13H12ClN3O/c1-9(14)13-16-11-4-2-3-5-12(11)17(13)8-10-6-7-15-18-10/h2-7,9H,8H2,1H3. The number of hydrogen-bond acceptors (Lipinski definition) is 3. The van der Waals surface area contributed by atoms with Crippen molar-refractivity contribution in [3.63, 3.8) is 0 Å². The molecule has 1 unspecified atom stereocenters. The second-order valence-corrected chi connectivity index (χ2v) is 4.79. The maximum Gasteiger partial charge on any atom is 0.156 e. The maximum absolute atomic E-state index is 6.19. The number of benzene rings is 1. The van der Waals surface area contributed by atoms with E-state index < -0.39 is 0 Å². The van der Waals surface area contributed by atoms with Gasteiger partial charge >= 0.3 is 0 Å². The van der Waals surface area contributed by atoms with E-state index in [1.807, 2.05) is 37.3 Å². The Morgan fingerprint density at radius 2 is 2.17 bits per heavy atom. The van der Waals surface area contributed by atoms with E-state index in [9.17, 15) is 0 Å². The van der Waals surface area contributed by atoms with Crippen LogP contribution in [0.25, 0.3) is 11.0 Å². The summed E-state index contributed by atoms with van der Waals surface area (Å²) in [6, 6.07) is 9.81. The van der Waals surface area contributed by atoms with Gasteiger partial charge in [-0.1, -0.05) is 17.3 Å². The molecule has 2 aromatic heterocycles. The van der Waals surface area contributed by atoms with Gasteiger partial charge in [-0.25, -0.2) is 4.98 Å². The second-order valence-electron chi connectivity index (χ2n) is 4.14. The highest BCUT2D eigenvalue weighted by Gasteiger charge is 2.15. The number of nitrogens with zero attached hydrogens (tertiary/aromatic N) is 3. The molecule has 3 aromatic rings. The largest absolute Gasteiger partial charge is 0.359 e. The minimum Gasteiger partial charge on any atom is -0.359 e. The third kappa shape index (κ3) is 1.88. The Balaban J connectivity index is 2.15. The molecule has 0 spiro atoms. The SMILES string of the molecule is CC(Cl)c1nc2ccccc2n1Cc1ccno1. The molecular weight excluding hydrogens is 250 g/mol. The van der Waals surface area contributed by atoms with Crippen LogP contribution in [0.1, 0.15) is 23.9 Å². The summed E-state index contributed by atoms with van der Waals surface area (Å²) in [5.41, 5.74) is 2.00. The first-order valence-electron chi connectivity index (χ1n) is 5.74. The molecule has 0 radical (unpaired) electrons. The van der Waals surface area contributed by atoms with Crippen LogP contribution in [0.4, 0.5) is 0 Å². The minimum atomic E-state index is -0.152. The Kier molecular flexibility index (Phi) is 2.80. The van der Waals surface area contributed by atoms with Crippen LogP contribution in [-0.2, 0) is 6.54 Å². The number of hydrogen-bond donors (Lipinski definition) is 0. The molecular formula is C13H12ClN3O. The highest BCUT2D eigenvalue weighted by molar-refractivity contribution is 6.20. The zero-order valence-electron chi connectivity index (χ0n) is 9.88. The topological polar surface area (TPSA) is 43.9 Å². The molecule has 0 aliphatic heterocycles. The molecule has 18 heavy (non-hydrogen) atoms. The third-order valence-corrected chi connectivity index (χ3v) is 3.04. The van der Waals surface area contributed by atoms with Gasteiger partial charge in [0.25, 0.3) is 0 Å². The predicted octanol–water partition coefficient (Wildman–Crippen LogP) is 3.37. The molecule has 4 nitrogen and oxygen atoms in total. The number of halogens is 1. The van der Waals surface area contributed by atoms with Crippen LogP contribution in [-0.4, -0.2) is 14.7 Å². The van der Waals surface area contributed by atoms with Crippen molar-refractivity contribution in [3.05, 3.63) is 48.1 Å². The van der Waals surface area contributed by atoms with E-state index in [1.54, 1.807) is 6.20 Å². The van der Waals surface area contributed by atoms with Gasteiger partial charge in [-0.3, -0.25) is 0 Å². The lowest BCUT2D eigenvalue weighted by molar-refractivity contribution is 0.376. The van der Waals surface area contributed by atoms with Gasteiger partial charge in [-0.2, -0.15) is 0 Å². The number of para-hydroxylation sites is 2. The molecule has 0 aliphatic carbocycles. The van der Waals surface area contributed by atoms with Gasteiger partial charge in [-0.05, 0) is 19.1 Å². The van der Waals surface area contributed by atoms with Crippen LogP contribution in [0.5, 0.6) is 0 Å². The monoisotopic (exact) mass is 261 g/mol. The Morgan fingerprint density at radius 1 is 1.33 bits per heavy atom. The number of alkyl halides is 1. The summed E-state index contributed by atoms with van der Waals surface area (Å²) in [7, 11) is 0. The van der Waals surface area contributed by atoms with Crippen LogP contribution in [0.2, 0.25) is 0 Å². The quantitative estimate of drug-likeness (QED) is 0.679. The van der Waals surface area contributed by atoms with Gasteiger partial charge in [0.05, 0.1) is 29.2 Å². The first-order valence-corrected chi connectivity index (χ1v) is 6.18. The van der Waals surface area contributed by atoms with E-state index in [1.165, 1.54) is 0 Å². The smallest absolute Gasteiger partial charge is 0.156 e. The molecule has 2 heterocycles. The number of rotatable bonds is 3. The summed E-state index contributed by atoms with van der Waals surface area (Å²) in [5, 5.41) is 3.56. The lowest BCUT2D eigenvalue weighted by Gasteiger charge is -2.08. The van der Waals surface area contributed by atoms with Crippen LogP contribution in [0.3, 0.4) is 0 Å². The van der Waals surface area contributed by atoms with Gasteiger partial charge in [0, 0.05) is 6.07 Å². The predicted molar refractivity (Wildman–Crippen MR) is 69.6 cm³/mol. The van der Waals surface area contributed by atoms with Gasteiger partial charge in [-0.15, -0.1) is 11.6 Å². The first kappa shape index (κ1) is 11.3. The van der Waals surface area contributed by atoms with E-state index in [-0.39, 0.29) is 5.38 Å². The summed E-state index contributed by atoms with van der Waals surface area (Å²) in [6.45, 7) is 2.51. The number of aromatic nitrogens is 3. The van der Waals surface area contributed by atoms with Crippen LogP contribution < -0.4 is 0 Å². The van der Waals surface area contributed by atoms with Crippen molar-refractivity contribution < 1.29 is 4.52 Å². The van der Waals surface area contributed by atoms with Crippen molar-refractivity contribution in [1.29, 1.82) is 0 Å². The Bertz CT molecular complexity index is 658.